The number of halogens is 7. The van der Waals surface area contributed by atoms with Gasteiger partial charge < -0.3 is 0 Å². The summed E-state index contributed by atoms with van der Waals surface area (Å²) in [6, 6.07) is 11.2. The first-order valence-electron chi connectivity index (χ1n) is 12.5. The molecule has 35 heavy (non-hydrogen) atoms. The van der Waals surface area contributed by atoms with Gasteiger partial charge in [0, 0.05) is 5.56 Å². The molecule has 0 amide bonds. The van der Waals surface area contributed by atoms with E-state index in [-0.39, 0.29) is 0 Å². The standard InChI is InChI=1S/C28H33F7/c1-2-3-4-5-6-7-20-8-10-21(11-9-20)22-12-14-23(15-13-22)24-16-18-25(19-17-24)26(29,30)27(31,32)28(33,34)35/h12-21H,2-11H2,1H3. The van der Waals surface area contributed by atoms with Crippen molar-refractivity contribution < 1.29 is 30.7 Å². The van der Waals surface area contributed by atoms with Crippen molar-refractivity contribution >= 4 is 0 Å². The maximum absolute atomic E-state index is 13.9. The molecule has 0 N–H and O–H groups in total. The number of rotatable bonds is 10. The van der Waals surface area contributed by atoms with E-state index in [1.54, 1.807) is 0 Å². The van der Waals surface area contributed by atoms with Crippen molar-refractivity contribution in [2.75, 3.05) is 0 Å². The van der Waals surface area contributed by atoms with Gasteiger partial charge in [0.2, 0.25) is 0 Å². The Morgan fingerprint density at radius 2 is 1.17 bits per heavy atom. The summed E-state index contributed by atoms with van der Waals surface area (Å²) in [5.74, 6) is -10.2. The Morgan fingerprint density at radius 3 is 1.69 bits per heavy atom. The fourth-order valence-electron chi connectivity index (χ4n) is 5.00. The molecule has 0 aromatic heterocycles. The molecular formula is C28H33F7. The molecule has 2 aromatic rings. The second-order valence-corrected chi connectivity index (χ2v) is 9.77. The zero-order valence-corrected chi connectivity index (χ0v) is 20.0. The first-order chi connectivity index (χ1) is 16.5. The Kier molecular flexibility index (Phi) is 8.92. The van der Waals surface area contributed by atoms with Gasteiger partial charge in [-0.2, -0.15) is 30.7 Å². The minimum absolute atomic E-state index is 0.471. The lowest BCUT2D eigenvalue weighted by Gasteiger charge is -2.29. The molecule has 194 valence electrons. The van der Waals surface area contributed by atoms with E-state index in [2.05, 4.69) is 6.92 Å². The van der Waals surface area contributed by atoms with Gasteiger partial charge in [0.25, 0.3) is 0 Å². The summed E-state index contributed by atoms with van der Waals surface area (Å²) in [5.41, 5.74) is 0.996. The van der Waals surface area contributed by atoms with Crippen molar-refractivity contribution in [3.63, 3.8) is 0 Å². The average Bonchev–Trinajstić information content (AvgIpc) is 2.84. The molecule has 2 aromatic carbocycles. The summed E-state index contributed by atoms with van der Waals surface area (Å²) in [4.78, 5) is 0. The fourth-order valence-corrected chi connectivity index (χ4v) is 5.00. The molecule has 0 heterocycles. The predicted molar refractivity (Wildman–Crippen MR) is 125 cm³/mol. The number of benzene rings is 2. The Balaban J connectivity index is 1.58. The lowest BCUT2D eigenvalue weighted by Crippen LogP contribution is -2.49. The van der Waals surface area contributed by atoms with Crippen LogP contribution in [0, 0.1) is 5.92 Å². The molecule has 0 bridgehead atoms. The van der Waals surface area contributed by atoms with Gasteiger partial charge in [-0.1, -0.05) is 94.0 Å². The maximum Gasteiger partial charge on any atom is 0.460 e. The van der Waals surface area contributed by atoms with E-state index in [0.717, 1.165) is 30.9 Å². The predicted octanol–water partition coefficient (Wildman–Crippen LogP) is 10.3. The first-order valence-corrected chi connectivity index (χ1v) is 12.5. The highest BCUT2D eigenvalue weighted by Crippen LogP contribution is 2.51. The van der Waals surface area contributed by atoms with E-state index in [4.69, 9.17) is 0 Å². The van der Waals surface area contributed by atoms with E-state index in [9.17, 15) is 30.7 Å². The molecule has 0 radical (unpaired) electrons. The number of hydrogen-bond acceptors (Lipinski definition) is 0. The van der Waals surface area contributed by atoms with Crippen molar-refractivity contribution in [1.82, 2.24) is 0 Å². The summed E-state index contributed by atoms with van der Waals surface area (Å²) < 4.78 is 91.7. The first kappa shape index (κ1) is 27.5. The highest BCUT2D eigenvalue weighted by atomic mass is 19.4. The summed E-state index contributed by atoms with van der Waals surface area (Å²) in [7, 11) is 0. The van der Waals surface area contributed by atoms with Crippen molar-refractivity contribution in [2.24, 2.45) is 5.92 Å². The van der Waals surface area contributed by atoms with Crippen LogP contribution in [0.3, 0.4) is 0 Å². The monoisotopic (exact) mass is 502 g/mol. The molecule has 0 nitrogen and oxygen atoms in total. The third kappa shape index (κ3) is 6.39. The van der Waals surface area contributed by atoms with E-state index >= 15 is 0 Å². The van der Waals surface area contributed by atoms with Gasteiger partial charge in [0.15, 0.2) is 0 Å². The molecule has 7 heteroatoms. The van der Waals surface area contributed by atoms with Crippen LogP contribution < -0.4 is 0 Å². The van der Waals surface area contributed by atoms with E-state index in [1.807, 2.05) is 24.3 Å². The molecule has 3 rings (SSSR count). The summed E-state index contributed by atoms with van der Waals surface area (Å²) in [5, 5.41) is 0. The molecular weight excluding hydrogens is 469 g/mol. The van der Waals surface area contributed by atoms with Crippen LogP contribution in [0.1, 0.15) is 88.2 Å². The zero-order valence-electron chi connectivity index (χ0n) is 20.0. The zero-order chi connectivity index (χ0) is 25.7. The van der Waals surface area contributed by atoms with Crippen LogP contribution in [0.15, 0.2) is 48.5 Å². The van der Waals surface area contributed by atoms with Crippen LogP contribution in [0.2, 0.25) is 0 Å². The van der Waals surface area contributed by atoms with Gasteiger partial charge in [-0.05, 0) is 54.2 Å². The minimum atomic E-state index is -6.35. The lowest BCUT2D eigenvalue weighted by atomic mass is 9.77. The van der Waals surface area contributed by atoms with Crippen LogP contribution in [-0.2, 0) is 5.92 Å². The largest absolute Gasteiger partial charge is 0.460 e. The Labute approximate surface area is 202 Å². The van der Waals surface area contributed by atoms with Crippen molar-refractivity contribution in [2.45, 2.75) is 95.1 Å². The molecule has 1 aliphatic carbocycles. The van der Waals surface area contributed by atoms with E-state index in [0.29, 0.717) is 29.2 Å². The molecule has 1 aliphatic rings. The van der Waals surface area contributed by atoms with Gasteiger partial charge in [0.1, 0.15) is 0 Å². The molecule has 0 aliphatic heterocycles. The molecule has 0 spiro atoms. The summed E-state index contributed by atoms with van der Waals surface area (Å²) in [6.45, 7) is 2.22. The van der Waals surface area contributed by atoms with E-state index in [1.165, 1.54) is 56.9 Å². The van der Waals surface area contributed by atoms with Crippen LogP contribution >= 0.6 is 0 Å². The van der Waals surface area contributed by atoms with Crippen LogP contribution in [-0.4, -0.2) is 12.1 Å². The SMILES string of the molecule is CCCCCCCC1CCC(c2ccc(-c3ccc(C(F)(F)C(F)(F)C(F)(F)F)cc3)cc2)CC1. The van der Waals surface area contributed by atoms with Gasteiger partial charge in [-0.15, -0.1) is 0 Å². The Hall–Kier alpha value is -2.05. The highest BCUT2D eigenvalue weighted by Gasteiger charge is 2.73. The number of alkyl halides is 7. The average molecular weight is 503 g/mol. The summed E-state index contributed by atoms with van der Waals surface area (Å²) in [6.07, 6.45) is 6.19. The van der Waals surface area contributed by atoms with Crippen LogP contribution in [0.4, 0.5) is 30.7 Å². The fraction of sp³-hybridized carbons (Fsp3) is 0.571. The van der Waals surface area contributed by atoms with Gasteiger partial charge in [-0.25, -0.2) is 0 Å². The van der Waals surface area contributed by atoms with Crippen molar-refractivity contribution in [1.29, 1.82) is 0 Å². The molecule has 1 fully saturated rings. The summed E-state index contributed by atoms with van der Waals surface area (Å²) >= 11 is 0. The van der Waals surface area contributed by atoms with Gasteiger partial charge in [0.05, 0.1) is 0 Å². The second-order valence-electron chi connectivity index (χ2n) is 9.77. The minimum Gasteiger partial charge on any atom is -0.194 e. The molecule has 0 saturated heterocycles. The molecule has 0 atom stereocenters. The number of unbranched alkanes of at least 4 members (excludes halogenated alkanes) is 4. The smallest absolute Gasteiger partial charge is 0.194 e. The Bertz CT molecular complexity index is 906. The van der Waals surface area contributed by atoms with Crippen molar-refractivity contribution in [3.05, 3.63) is 59.7 Å². The number of hydrogen-bond donors (Lipinski definition) is 0. The second kappa shape index (κ2) is 11.3. The third-order valence-electron chi connectivity index (χ3n) is 7.28. The third-order valence-corrected chi connectivity index (χ3v) is 7.28. The van der Waals surface area contributed by atoms with E-state index < -0.39 is 23.6 Å². The highest BCUT2D eigenvalue weighted by molar-refractivity contribution is 5.64. The lowest BCUT2D eigenvalue weighted by molar-refractivity contribution is -0.359. The van der Waals surface area contributed by atoms with Crippen molar-refractivity contribution in [3.8, 4) is 11.1 Å². The molecule has 1 saturated carbocycles. The quantitative estimate of drug-likeness (QED) is 0.224. The van der Waals surface area contributed by atoms with Crippen LogP contribution in [0.5, 0.6) is 0 Å². The maximum atomic E-state index is 13.9. The van der Waals surface area contributed by atoms with Crippen LogP contribution in [0.25, 0.3) is 11.1 Å². The van der Waals surface area contributed by atoms with Gasteiger partial charge >= 0.3 is 18.0 Å². The normalized spacial score (nSPS) is 19.7. The topological polar surface area (TPSA) is 0 Å². The molecule has 0 unspecified atom stereocenters. The Morgan fingerprint density at radius 1 is 0.657 bits per heavy atom. The van der Waals surface area contributed by atoms with Gasteiger partial charge in [-0.3, -0.25) is 0 Å².